The fourth-order valence-corrected chi connectivity index (χ4v) is 2.48. The van der Waals surface area contributed by atoms with E-state index in [2.05, 4.69) is 29.8 Å². The van der Waals surface area contributed by atoms with Gasteiger partial charge in [-0.2, -0.15) is 0 Å². The summed E-state index contributed by atoms with van der Waals surface area (Å²) in [5.74, 6) is 0. The minimum Gasteiger partial charge on any atom is -0.387 e. The van der Waals surface area contributed by atoms with Crippen LogP contribution < -0.4 is 4.90 Å². The van der Waals surface area contributed by atoms with Crippen LogP contribution in [-0.2, 0) is 0 Å². The lowest BCUT2D eigenvalue weighted by Gasteiger charge is -2.39. The molecule has 1 aromatic rings. The van der Waals surface area contributed by atoms with Crippen LogP contribution in [0, 0.1) is 5.41 Å². The third kappa shape index (κ3) is 2.97. The summed E-state index contributed by atoms with van der Waals surface area (Å²) >= 11 is 0. The number of pyridine rings is 1. The number of aromatic nitrogens is 1. The predicted molar refractivity (Wildman–Crippen MR) is 70.1 cm³/mol. The molecule has 17 heavy (non-hydrogen) atoms. The number of hydrogen-bond acceptors (Lipinski definition) is 3. The van der Waals surface area contributed by atoms with Crippen LogP contribution in [-0.4, -0.2) is 23.2 Å². The molecule has 1 aromatic heterocycles. The van der Waals surface area contributed by atoms with E-state index in [1.54, 1.807) is 6.92 Å². The SMILES string of the molecule is C[C@H](O)c1ccc(N2CCCC(C)(C)C2)cn1. The largest absolute Gasteiger partial charge is 0.387 e. The van der Waals surface area contributed by atoms with Gasteiger partial charge in [-0.15, -0.1) is 0 Å². The third-order valence-electron chi connectivity index (χ3n) is 3.46. The lowest BCUT2D eigenvalue weighted by molar-refractivity contribution is 0.194. The van der Waals surface area contributed by atoms with Crippen LogP contribution in [0.5, 0.6) is 0 Å². The molecule has 1 fully saturated rings. The van der Waals surface area contributed by atoms with Crippen LogP contribution in [0.1, 0.15) is 45.4 Å². The van der Waals surface area contributed by atoms with E-state index >= 15 is 0 Å². The zero-order valence-electron chi connectivity index (χ0n) is 11.0. The first-order valence-corrected chi connectivity index (χ1v) is 6.37. The average molecular weight is 234 g/mol. The standard InChI is InChI=1S/C14H22N2O/c1-11(17)13-6-5-12(9-15-13)16-8-4-7-14(2,3)10-16/h5-6,9,11,17H,4,7-8,10H2,1-3H3/t11-/m0/s1. The Kier molecular flexibility index (Phi) is 3.38. The Morgan fingerprint density at radius 1 is 1.41 bits per heavy atom. The van der Waals surface area contributed by atoms with Gasteiger partial charge in [0.1, 0.15) is 0 Å². The fourth-order valence-electron chi connectivity index (χ4n) is 2.48. The van der Waals surface area contributed by atoms with Gasteiger partial charge in [-0.3, -0.25) is 4.98 Å². The van der Waals surface area contributed by atoms with Crippen LogP contribution in [0.2, 0.25) is 0 Å². The second-order valence-electron chi connectivity index (χ2n) is 5.81. The third-order valence-corrected chi connectivity index (χ3v) is 3.46. The zero-order valence-corrected chi connectivity index (χ0v) is 11.0. The van der Waals surface area contributed by atoms with E-state index in [9.17, 15) is 5.11 Å². The Balaban J connectivity index is 2.12. The lowest BCUT2D eigenvalue weighted by Crippen LogP contribution is -2.40. The molecule has 0 aromatic carbocycles. The highest BCUT2D eigenvalue weighted by molar-refractivity contribution is 5.45. The van der Waals surface area contributed by atoms with Crippen LogP contribution in [0.3, 0.4) is 0 Å². The summed E-state index contributed by atoms with van der Waals surface area (Å²) in [5, 5.41) is 9.43. The smallest absolute Gasteiger partial charge is 0.0931 e. The van der Waals surface area contributed by atoms with Crippen LogP contribution in [0.25, 0.3) is 0 Å². The van der Waals surface area contributed by atoms with Crippen LogP contribution >= 0.6 is 0 Å². The minimum atomic E-state index is -0.484. The molecule has 1 aliphatic heterocycles. The fraction of sp³-hybridized carbons (Fsp3) is 0.643. The van der Waals surface area contributed by atoms with E-state index in [4.69, 9.17) is 0 Å². The minimum absolute atomic E-state index is 0.390. The highest BCUT2D eigenvalue weighted by Crippen LogP contribution is 2.31. The molecule has 3 heteroatoms. The second-order valence-corrected chi connectivity index (χ2v) is 5.81. The molecule has 0 aliphatic carbocycles. The molecule has 2 heterocycles. The molecule has 1 atom stereocenters. The summed E-state index contributed by atoms with van der Waals surface area (Å²) in [6.07, 6.45) is 3.93. The second kappa shape index (κ2) is 4.65. The van der Waals surface area contributed by atoms with Crippen molar-refractivity contribution in [2.75, 3.05) is 18.0 Å². The molecular formula is C14H22N2O. The zero-order chi connectivity index (χ0) is 12.5. The van der Waals surface area contributed by atoms with Gasteiger partial charge in [0.25, 0.3) is 0 Å². The first-order chi connectivity index (χ1) is 7.98. The van der Waals surface area contributed by atoms with Crippen molar-refractivity contribution in [1.82, 2.24) is 4.98 Å². The topological polar surface area (TPSA) is 36.4 Å². The van der Waals surface area contributed by atoms with Crippen molar-refractivity contribution < 1.29 is 5.11 Å². The Labute approximate surface area is 103 Å². The van der Waals surface area contributed by atoms with Crippen molar-refractivity contribution in [2.45, 2.75) is 39.7 Å². The highest BCUT2D eigenvalue weighted by atomic mass is 16.3. The lowest BCUT2D eigenvalue weighted by atomic mass is 9.84. The summed E-state index contributed by atoms with van der Waals surface area (Å²) in [4.78, 5) is 6.70. The molecule has 1 aliphatic rings. The van der Waals surface area contributed by atoms with Crippen molar-refractivity contribution in [1.29, 1.82) is 0 Å². The number of aliphatic hydroxyl groups excluding tert-OH is 1. The van der Waals surface area contributed by atoms with Crippen molar-refractivity contribution in [2.24, 2.45) is 5.41 Å². The molecule has 0 saturated carbocycles. The number of rotatable bonds is 2. The first kappa shape index (κ1) is 12.4. The number of nitrogens with zero attached hydrogens (tertiary/aromatic N) is 2. The first-order valence-electron chi connectivity index (χ1n) is 6.37. The number of anilines is 1. The summed E-state index contributed by atoms with van der Waals surface area (Å²) in [6.45, 7) is 8.57. The molecule has 1 N–H and O–H groups in total. The molecule has 1 saturated heterocycles. The van der Waals surface area contributed by atoms with Gasteiger partial charge in [0, 0.05) is 13.1 Å². The van der Waals surface area contributed by atoms with Gasteiger partial charge in [-0.25, -0.2) is 0 Å². The maximum Gasteiger partial charge on any atom is 0.0931 e. The maximum absolute atomic E-state index is 9.43. The molecule has 0 bridgehead atoms. The Morgan fingerprint density at radius 3 is 2.71 bits per heavy atom. The van der Waals surface area contributed by atoms with Gasteiger partial charge in [-0.1, -0.05) is 13.8 Å². The van der Waals surface area contributed by atoms with Gasteiger partial charge in [0.2, 0.25) is 0 Å². The molecular weight excluding hydrogens is 212 g/mol. The van der Waals surface area contributed by atoms with Gasteiger partial charge in [0.15, 0.2) is 0 Å². The van der Waals surface area contributed by atoms with E-state index < -0.39 is 6.10 Å². The van der Waals surface area contributed by atoms with E-state index in [1.165, 1.54) is 18.5 Å². The number of piperidine rings is 1. The van der Waals surface area contributed by atoms with E-state index in [-0.39, 0.29) is 0 Å². The van der Waals surface area contributed by atoms with Crippen LogP contribution in [0.15, 0.2) is 18.3 Å². The normalized spacial score (nSPS) is 21.3. The summed E-state index contributed by atoms with van der Waals surface area (Å²) in [7, 11) is 0. The summed E-state index contributed by atoms with van der Waals surface area (Å²) < 4.78 is 0. The molecule has 0 spiro atoms. The molecule has 2 rings (SSSR count). The van der Waals surface area contributed by atoms with Gasteiger partial charge < -0.3 is 10.0 Å². The average Bonchev–Trinajstić information content (AvgIpc) is 2.28. The van der Waals surface area contributed by atoms with Crippen molar-refractivity contribution in [3.63, 3.8) is 0 Å². The van der Waals surface area contributed by atoms with E-state index in [0.717, 1.165) is 18.8 Å². The molecule has 3 nitrogen and oxygen atoms in total. The summed E-state index contributed by atoms with van der Waals surface area (Å²) in [5.41, 5.74) is 2.30. The molecule has 0 unspecified atom stereocenters. The van der Waals surface area contributed by atoms with Crippen LogP contribution in [0.4, 0.5) is 5.69 Å². The summed E-state index contributed by atoms with van der Waals surface area (Å²) in [6, 6.07) is 3.98. The van der Waals surface area contributed by atoms with Gasteiger partial charge >= 0.3 is 0 Å². The number of hydrogen-bond donors (Lipinski definition) is 1. The Morgan fingerprint density at radius 2 is 2.18 bits per heavy atom. The van der Waals surface area contributed by atoms with E-state index in [0.29, 0.717) is 5.41 Å². The Hall–Kier alpha value is -1.09. The predicted octanol–water partition coefficient (Wildman–Crippen LogP) is 2.76. The van der Waals surface area contributed by atoms with Gasteiger partial charge in [-0.05, 0) is 37.3 Å². The van der Waals surface area contributed by atoms with Crippen molar-refractivity contribution in [3.8, 4) is 0 Å². The highest BCUT2D eigenvalue weighted by Gasteiger charge is 2.26. The number of aliphatic hydroxyl groups is 1. The van der Waals surface area contributed by atoms with Crippen molar-refractivity contribution in [3.05, 3.63) is 24.0 Å². The quantitative estimate of drug-likeness (QED) is 0.854. The van der Waals surface area contributed by atoms with Gasteiger partial charge in [0.05, 0.1) is 23.7 Å². The maximum atomic E-state index is 9.43. The molecule has 0 radical (unpaired) electrons. The monoisotopic (exact) mass is 234 g/mol. The molecule has 0 amide bonds. The molecule has 94 valence electrons. The van der Waals surface area contributed by atoms with Crippen molar-refractivity contribution >= 4 is 5.69 Å². The van der Waals surface area contributed by atoms with E-state index in [1.807, 2.05) is 12.3 Å². The Bertz CT molecular complexity index is 370.